The topological polar surface area (TPSA) is 15.3 Å². The largest absolute Gasteiger partial charge is 0.312 e. The van der Waals surface area contributed by atoms with Gasteiger partial charge in [-0.3, -0.25) is 4.90 Å². The fourth-order valence-corrected chi connectivity index (χ4v) is 3.06. The Labute approximate surface area is 111 Å². The van der Waals surface area contributed by atoms with E-state index in [9.17, 15) is 0 Å². The highest BCUT2D eigenvalue weighted by molar-refractivity contribution is 5.20. The van der Waals surface area contributed by atoms with E-state index in [2.05, 4.69) is 54.5 Å². The first-order chi connectivity index (χ1) is 8.83. The normalized spacial score (nSPS) is 21.2. The summed E-state index contributed by atoms with van der Waals surface area (Å²) in [6.45, 7) is 4.87. The molecule has 1 heterocycles. The first-order valence-electron chi connectivity index (χ1n) is 7.29. The highest BCUT2D eigenvalue weighted by Gasteiger charge is 2.23. The molecule has 1 aromatic rings. The van der Waals surface area contributed by atoms with Crippen molar-refractivity contribution in [3.05, 3.63) is 35.9 Å². The smallest absolute Gasteiger partial charge is 0.0473 e. The molecule has 1 saturated heterocycles. The summed E-state index contributed by atoms with van der Waals surface area (Å²) in [7, 11) is 2.08. The van der Waals surface area contributed by atoms with E-state index in [1.807, 2.05) is 0 Å². The molecule has 2 rings (SSSR count). The molecule has 0 aliphatic carbocycles. The van der Waals surface area contributed by atoms with E-state index in [0.29, 0.717) is 12.1 Å². The summed E-state index contributed by atoms with van der Waals surface area (Å²) in [6, 6.07) is 11.8. The minimum atomic E-state index is 0.435. The van der Waals surface area contributed by atoms with Crippen LogP contribution in [0.25, 0.3) is 0 Å². The van der Waals surface area contributed by atoms with Crippen molar-refractivity contribution < 1.29 is 0 Å². The molecule has 18 heavy (non-hydrogen) atoms. The maximum Gasteiger partial charge on any atom is 0.0473 e. The minimum Gasteiger partial charge on any atom is -0.312 e. The van der Waals surface area contributed by atoms with Gasteiger partial charge in [-0.2, -0.15) is 0 Å². The Morgan fingerprint density at radius 3 is 2.17 bits per heavy atom. The van der Waals surface area contributed by atoms with E-state index < -0.39 is 0 Å². The fraction of sp³-hybridized carbons (Fsp3) is 0.625. The van der Waals surface area contributed by atoms with Gasteiger partial charge in [0, 0.05) is 12.1 Å². The van der Waals surface area contributed by atoms with Crippen LogP contribution in [0.15, 0.2) is 30.3 Å². The Morgan fingerprint density at radius 2 is 1.61 bits per heavy atom. The third kappa shape index (κ3) is 3.33. The molecular weight excluding hydrogens is 220 g/mol. The molecule has 0 radical (unpaired) electrons. The van der Waals surface area contributed by atoms with Crippen molar-refractivity contribution in [1.29, 1.82) is 0 Å². The van der Waals surface area contributed by atoms with Crippen molar-refractivity contribution in [2.45, 2.75) is 44.7 Å². The van der Waals surface area contributed by atoms with Crippen LogP contribution in [-0.2, 0) is 0 Å². The Balaban J connectivity index is 2.06. The van der Waals surface area contributed by atoms with Crippen molar-refractivity contribution >= 4 is 0 Å². The van der Waals surface area contributed by atoms with Crippen molar-refractivity contribution in [3.8, 4) is 0 Å². The summed E-state index contributed by atoms with van der Waals surface area (Å²) in [5.41, 5.74) is 1.40. The maximum absolute atomic E-state index is 3.49. The van der Waals surface area contributed by atoms with Crippen LogP contribution in [0.2, 0.25) is 0 Å². The van der Waals surface area contributed by atoms with Crippen LogP contribution in [0.5, 0.6) is 0 Å². The van der Waals surface area contributed by atoms with Crippen LogP contribution in [-0.4, -0.2) is 31.1 Å². The van der Waals surface area contributed by atoms with Gasteiger partial charge in [-0.1, -0.05) is 43.2 Å². The van der Waals surface area contributed by atoms with Gasteiger partial charge in [-0.25, -0.2) is 0 Å². The van der Waals surface area contributed by atoms with Gasteiger partial charge in [0.25, 0.3) is 0 Å². The number of nitrogens with one attached hydrogen (secondary N) is 1. The first kappa shape index (κ1) is 13.6. The van der Waals surface area contributed by atoms with Crippen molar-refractivity contribution in [2.24, 2.45) is 0 Å². The predicted molar refractivity (Wildman–Crippen MR) is 77.7 cm³/mol. The monoisotopic (exact) mass is 246 g/mol. The third-order valence-electron chi connectivity index (χ3n) is 4.17. The molecule has 1 fully saturated rings. The van der Waals surface area contributed by atoms with Crippen LogP contribution in [0.1, 0.15) is 44.2 Å². The second-order valence-electron chi connectivity index (χ2n) is 5.37. The number of nitrogens with zero attached hydrogens (tertiary/aromatic N) is 1. The van der Waals surface area contributed by atoms with Crippen molar-refractivity contribution in [1.82, 2.24) is 10.2 Å². The molecule has 2 atom stereocenters. The molecule has 1 aliphatic heterocycles. The molecule has 0 saturated carbocycles. The minimum absolute atomic E-state index is 0.435. The lowest BCUT2D eigenvalue weighted by atomic mass is 9.99. The van der Waals surface area contributed by atoms with E-state index in [1.54, 1.807) is 0 Å². The zero-order valence-electron chi connectivity index (χ0n) is 11.7. The molecule has 0 aromatic heterocycles. The molecule has 100 valence electrons. The van der Waals surface area contributed by atoms with Crippen LogP contribution < -0.4 is 5.32 Å². The summed E-state index contributed by atoms with van der Waals surface area (Å²) in [5.74, 6) is 0. The number of hydrogen-bond acceptors (Lipinski definition) is 2. The van der Waals surface area contributed by atoms with Gasteiger partial charge >= 0.3 is 0 Å². The number of hydrogen-bond donors (Lipinski definition) is 1. The van der Waals surface area contributed by atoms with Gasteiger partial charge in [-0.05, 0) is 45.5 Å². The molecule has 0 bridgehead atoms. The summed E-state index contributed by atoms with van der Waals surface area (Å²) >= 11 is 0. The van der Waals surface area contributed by atoms with Gasteiger partial charge in [0.15, 0.2) is 0 Å². The molecule has 1 aromatic carbocycles. The van der Waals surface area contributed by atoms with Crippen molar-refractivity contribution in [2.75, 3.05) is 20.1 Å². The number of likely N-dealkylation sites (N-methyl/N-ethyl adjacent to an activating group) is 1. The second kappa shape index (κ2) is 6.91. The Kier molecular flexibility index (Phi) is 5.21. The molecule has 0 amide bonds. The van der Waals surface area contributed by atoms with Crippen LogP contribution in [0.4, 0.5) is 0 Å². The highest BCUT2D eigenvalue weighted by atomic mass is 15.2. The Bertz CT molecular complexity index is 328. The van der Waals surface area contributed by atoms with Gasteiger partial charge in [0.2, 0.25) is 0 Å². The maximum atomic E-state index is 3.49. The molecule has 1 aliphatic rings. The van der Waals surface area contributed by atoms with E-state index >= 15 is 0 Å². The van der Waals surface area contributed by atoms with E-state index in [1.165, 1.54) is 44.3 Å². The zero-order chi connectivity index (χ0) is 12.8. The lowest BCUT2D eigenvalue weighted by Gasteiger charge is -2.34. The highest BCUT2D eigenvalue weighted by Crippen LogP contribution is 2.23. The second-order valence-corrected chi connectivity index (χ2v) is 5.37. The summed E-state index contributed by atoms with van der Waals surface area (Å²) in [6.07, 6.45) is 5.52. The zero-order valence-corrected chi connectivity index (χ0v) is 11.7. The molecule has 1 N–H and O–H groups in total. The molecule has 2 nitrogen and oxygen atoms in total. The van der Waals surface area contributed by atoms with Crippen LogP contribution in [0.3, 0.4) is 0 Å². The van der Waals surface area contributed by atoms with E-state index in [4.69, 9.17) is 0 Å². The number of likely N-dealkylation sites (tertiary alicyclic amines) is 1. The SMILES string of the molecule is CNC(c1ccccc1)C(C)N1CCCCCC1. The lowest BCUT2D eigenvalue weighted by Crippen LogP contribution is -2.42. The quantitative estimate of drug-likeness (QED) is 0.877. The third-order valence-corrected chi connectivity index (χ3v) is 4.17. The van der Waals surface area contributed by atoms with Crippen LogP contribution in [0, 0.1) is 0 Å². The summed E-state index contributed by atoms with van der Waals surface area (Å²) in [5, 5.41) is 3.49. The van der Waals surface area contributed by atoms with Gasteiger partial charge in [0.05, 0.1) is 0 Å². The summed E-state index contributed by atoms with van der Waals surface area (Å²) in [4.78, 5) is 2.65. The fourth-order valence-electron chi connectivity index (χ4n) is 3.06. The number of benzene rings is 1. The molecule has 2 unspecified atom stereocenters. The van der Waals surface area contributed by atoms with E-state index in [0.717, 1.165) is 0 Å². The average molecular weight is 246 g/mol. The summed E-state index contributed by atoms with van der Waals surface area (Å²) < 4.78 is 0. The first-order valence-corrected chi connectivity index (χ1v) is 7.29. The molecule has 2 heteroatoms. The molecule has 0 spiro atoms. The van der Waals surface area contributed by atoms with Gasteiger partial charge < -0.3 is 5.32 Å². The Hall–Kier alpha value is -0.860. The van der Waals surface area contributed by atoms with Gasteiger partial charge in [-0.15, -0.1) is 0 Å². The predicted octanol–water partition coefficient (Wildman–Crippen LogP) is 3.21. The van der Waals surface area contributed by atoms with Gasteiger partial charge in [0.1, 0.15) is 0 Å². The molecular formula is C16H26N2. The number of rotatable bonds is 4. The average Bonchev–Trinajstić information content (AvgIpc) is 2.69. The van der Waals surface area contributed by atoms with E-state index in [-0.39, 0.29) is 0 Å². The standard InChI is InChI=1S/C16H26N2/c1-14(18-12-8-3-4-9-13-18)16(17-2)15-10-6-5-7-11-15/h5-7,10-11,14,16-17H,3-4,8-9,12-13H2,1-2H3. The van der Waals surface area contributed by atoms with Crippen LogP contribution >= 0.6 is 0 Å². The van der Waals surface area contributed by atoms with Crippen molar-refractivity contribution in [3.63, 3.8) is 0 Å². The Morgan fingerprint density at radius 1 is 1.00 bits per heavy atom. The lowest BCUT2D eigenvalue weighted by molar-refractivity contribution is 0.179.